The molecule has 0 aliphatic carbocycles. The third-order valence-electron chi connectivity index (χ3n) is 4.29. The van der Waals surface area contributed by atoms with E-state index in [2.05, 4.69) is 9.97 Å². The first-order valence-electron chi connectivity index (χ1n) is 8.64. The van der Waals surface area contributed by atoms with E-state index in [0.717, 1.165) is 24.0 Å². The number of hydrogen-bond donors (Lipinski definition) is 0. The van der Waals surface area contributed by atoms with Crippen LogP contribution >= 0.6 is 23.4 Å². The Bertz CT molecular complexity index is 1030. The average Bonchev–Trinajstić information content (AvgIpc) is 2.72. The number of sulfonamides is 1. The summed E-state index contributed by atoms with van der Waals surface area (Å²) in [5.41, 5.74) is -1.08. The molecule has 30 heavy (non-hydrogen) atoms. The number of benzene rings is 1. The quantitative estimate of drug-likeness (QED) is 0.483. The summed E-state index contributed by atoms with van der Waals surface area (Å²) in [6.07, 6.45) is -3.60. The zero-order valence-corrected chi connectivity index (χ0v) is 17.7. The largest absolute Gasteiger partial charge is 0.433 e. The van der Waals surface area contributed by atoms with Crippen molar-refractivity contribution in [1.82, 2.24) is 19.2 Å². The van der Waals surface area contributed by atoms with Crippen molar-refractivity contribution in [2.45, 2.75) is 16.2 Å². The number of piperazine rings is 1. The molecule has 162 valence electrons. The maximum absolute atomic E-state index is 12.7. The lowest BCUT2D eigenvalue weighted by Crippen LogP contribution is -2.51. The van der Waals surface area contributed by atoms with Crippen LogP contribution in [0.5, 0.6) is 0 Å². The first kappa shape index (κ1) is 22.8. The number of thioether (sulfide) groups is 1. The minimum atomic E-state index is -4.59. The molecule has 1 saturated heterocycles. The number of halogens is 4. The first-order chi connectivity index (χ1) is 14.1. The molecular weight excluding hydrogens is 465 g/mol. The van der Waals surface area contributed by atoms with Crippen LogP contribution in [-0.4, -0.2) is 65.4 Å². The number of amides is 1. The molecule has 0 radical (unpaired) electrons. The topological polar surface area (TPSA) is 83.5 Å². The van der Waals surface area contributed by atoms with E-state index in [4.69, 9.17) is 11.6 Å². The van der Waals surface area contributed by atoms with E-state index in [-0.39, 0.29) is 52.9 Å². The number of carbonyl (C=O) groups is 1. The van der Waals surface area contributed by atoms with Crippen molar-refractivity contribution < 1.29 is 26.4 Å². The van der Waals surface area contributed by atoms with Crippen LogP contribution in [0.2, 0.25) is 5.02 Å². The molecule has 0 unspecified atom stereocenters. The summed E-state index contributed by atoms with van der Waals surface area (Å²) in [5, 5.41) is -0.0356. The van der Waals surface area contributed by atoms with Gasteiger partial charge in [0, 0.05) is 32.4 Å². The lowest BCUT2D eigenvalue weighted by atomic mass is 10.3. The molecule has 13 heteroatoms. The Hall–Kier alpha value is -1.89. The predicted octanol–water partition coefficient (Wildman–Crippen LogP) is 2.77. The fourth-order valence-corrected chi connectivity index (χ4v) is 5.41. The van der Waals surface area contributed by atoms with Gasteiger partial charge < -0.3 is 4.90 Å². The summed E-state index contributed by atoms with van der Waals surface area (Å²) < 4.78 is 64.8. The van der Waals surface area contributed by atoms with Gasteiger partial charge in [-0.3, -0.25) is 4.79 Å². The molecule has 1 aliphatic rings. The van der Waals surface area contributed by atoms with Crippen molar-refractivity contribution in [3.05, 3.63) is 47.2 Å². The van der Waals surface area contributed by atoms with Gasteiger partial charge in [0.25, 0.3) is 0 Å². The number of hydrogen-bond acceptors (Lipinski definition) is 6. The molecule has 0 saturated carbocycles. The van der Waals surface area contributed by atoms with E-state index < -0.39 is 21.9 Å². The van der Waals surface area contributed by atoms with Gasteiger partial charge in [0.05, 0.1) is 10.8 Å². The van der Waals surface area contributed by atoms with Gasteiger partial charge in [-0.15, -0.1) is 0 Å². The van der Waals surface area contributed by atoms with Gasteiger partial charge >= 0.3 is 6.18 Å². The van der Waals surface area contributed by atoms with Crippen molar-refractivity contribution in [2.24, 2.45) is 0 Å². The summed E-state index contributed by atoms with van der Waals surface area (Å²) in [6.45, 7) is 0.493. The Balaban J connectivity index is 1.57. The maximum Gasteiger partial charge on any atom is 0.433 e. The number of carbonyl (C=O) groups excluding carboxylic acids is 1. The zero-order chi connectivity index (χ0) is 21.9. The van der Waals surface area contributed by atoms with Crippen molar-refractivity contribution in [2.75, 3.05) is 31.9 Å². The van der Waals surface area contributed by atoms with Crippen LogP contribution in [0.15, 0.2) is 46.6 Å². The number of alkyl halides is 3. The van der Waals surface area contributed by atoms with Crippen LogP contribution < -0.4 is 0 Å². The lowest BCUT2D eigenvalue weighted by Gasteiger charge is -2.34. The van der Waals surface area contributed by atoms with Crippen molar-refractivity contribution in [3.8, 4) is 0 Å². The summed E-state index contributed by atoms with van der Waals surface area (Å²) in [4.78, 5) is 21.0. The fourth-order valence-electron chi connectivity index (χ4n) is 2.76. The number of aromatic nitrogens is 2. The number of nitrogens with zero attached hydrogens (tertiary/aromatic N) is 4. The van der Waals surface area contributed by atoms with Gasteiger partial charge in [0.15, 0.2) is 5.16 Å². The van der Waals surface area contributed by atoms with Gasteiger partial charge in [0.2, 0.25) is 15.9 Å². The van der Waals surface area contributed by atoms with E-state index in [9.17, 15) is 26.4 Å². The monoisotopic (exact) mass is 480 g/mol. The highest BCUT2D eigenvalue weighted by molar-refractivity contribution is 7.99. The molecule has 0 spiro atoms. The highest BCUT2D eigenvalue weighted by Crippen LogP contribution is 2.28. The molecule has 1 aliphatic heterocycles. The average molecular weight is 481 g/mol. The molecule has 3 rings (SSSR count). The predicted molar refractivity (Wildman–Crippen MR) is 105 cm³/mol. The van der Waals surface area contributed by atoms with Gasteiger partial charge in [-0.2, -0.15) is 17.5 Å². The third-order valence-corrected chi connectivity index (χ3v) is 7.54. The van der Waals surface area contributed by atoms with Crippen LogP contribution in [0, 0.1) is 0 Å². The maximum atomic E-state index is 12.7. The summed E-state index contributed by atoms with van der Waals surface area (Å²) in [7, 11) is -3.78. The van der Waals surface area contributed by atoms with E-state index in [1.165, 1.54) is 21.3 Å². The van der Waals surface area contributed by atoms with Gasteiger partial charge in [-0.1, -0.05) is 35.5 Å². The Morgan fingerprint density at radius 2 is 1.80 bits per heavy atom. The van der Waals surface area contributed by atoms with E-state index in [1.54, 1.807) is 12.1 Å². The molecule has 7 nitrogen and oxygen atoms in total. The molecule has 0 bridgehead atoms. The molecule has 1 amide bonds. The van der Waals surface area contributed by atoms with E-state index in [0.29, 0.717) is 0 Å². The molecule has 2 aromatic rings. The minimum absolute atomic E-state index is 0.00342. The molecule has 0 atom stereocenters. The summed E-state index contributed by atoms with van der Waals surface area (Å²) >= 11 is 6.79. The van der Waals surface area contributed by atoms with Gasteiger partial charge in [-0.25, -0.2) is 18.4 Å². The van der Waals surface area contributed by atoms with Gasteiger partial charge in [-0.05, 0) is 18.2 Å². The smallest absolute Gasteiger partial charge is 0.339 e. The summed E-state index contributed by atoms with van der Waals surface area (Å²) in [5.74, 6) is -0.491. The van der Waals surface area contributed by atoms with Gasteiger partial charge in [0.1, 0.15) is 10.6 Å². The highest BCUT2D eigenvalue weighted by Gasteiger charge is 2.33. The van der Waals surface area contributed by atoms with Crippen LogP contribution in [0.1, 0.15) is 5.69 Å². The van der Waals surface area contributed by atoms with Crippen molar-refractivity contribution >= 4 is 39.3 Å². The fraction of sp³-hybridized carbons (Fsp3) is 0.353. The second-order valence-corrected chi connectivity index (χ2v) is 9.48. The standard InChI is InChI=1S/C17H16ClF3N4O3S2/c18-12-3-1-2-4-13(12)30(27,28)25-9-7-24(8-10-25)15(26)11-29-16-22-6-5-14(23-16)17(19,20)21/h1-6H,7-11H2. The second kappa shape index (κ2) is 9.08. The van der Waals surface area contributed by atoms with Crippen LogP contribution in [0.25, 0.3) is 0 Å². The number of rotatable bonds is 5. The Morgan fingerprint density at radius 1 is 1.13 bits per heavy atom. The summed E-state index contributed by atoms with van der Waals surface area (Å²) in [6, 6.07) is 6.86. The molecule has 2 heterocycles. The Labute approximate surface area is 180 Å². The molecule has 1 fully saturated rings. The van der Waals surface area contributed by atoms with Crippen LogP contribution in [-0.2, 0) is 21.0 Å². The molecule has 1 aromatic carbocycles. The van der Waals surface area contributed by atoms with Crippen LogP contribution in [0.3, 0.4) is 0 Å². The zero-order valence-electron chi connectivity index (χ0n) is 15.3. The van der Waals surface area contributed by atoms with Crippen molar-refractivity contribution in [3.63, 3.8) is 0 Å². The van der Waals surface area contributed by atoms with E-state index in [1.807, 2.05) is 0 Å². The lowest BCUT2D eigenvalue weighted by molar-refractivity contribution is -0.141. The normalized spacial score (nSPS) is 15.9. The molecular formula is C17H16ClF3N4O3S2. The van der Waals surface area contributed by atoms with Crippen LogP contribution in [0.4, 0.5) is 13.2 Å². The Kier molecular flexibility index (Phi) is 6.90. The second-order valence-electron chi connectivity index (χ2n) is 6.23. The van der Waals surface area contributed by atoms with E-state index >= 15 is 0 Å². The third kappa shape index (κ3) is 5.23. The SMILES string of the molecule is O=C(CSc1nccc(C(F)(F)F)n1)N1CCN(S(=O)(=O)c2ccccc2Cl)CC1. The Morgan fingerprint density at radius 3 is 2.43 bits per heavy atom. The molecule has 0 N–H and O–H groups in total. The first-order valence-corrected chi connectivity index (χ1v) is 11.4. The minimum Gasteiger partial charge on any atom is -0.339 e. The molecule has 1 aromatic heterocycles. The highest BCUT2D eigenvalue weighted by atomic mass is 35.5. The van der Waals surface area contributed by atoms with Crippen molar-refractivity contribution in [1.29, 1.82) is 0 Å².